The zero-order valence-electron chi connectivity index (χ0n) is 13.0. The van der Waals surface area contributed by atoms with E-state index in [1.165, 1.54) is 24.0 Å². The van der Waals surface area contributed by atoms with Crippen LogP contribution in [0.4, 0.5) is 0 Å². The minimum absolute atomic E-state index is 0.111. The summed E-state index contributed by atoms with van der Waals surface area (Å²) in [7, 11) is 0. The highest BCUT2D eigenvalue weighted by Gasteiger charge is 2.57. The Balaban J connectivity index is 1.73. The molecule has 114 valence electrons. The molecule has 0 radical (unpaired) electrons. The topological polar surface area (TPSA) is 40.5 Å². The molecule has 2 saturated carbocycles. The van der Waals surface area contributed by atoms with Crippen LogP contribution in [-0.2, 0) is 6.42 Å². The number of hydrogen-bond donors (Lipinski definition) is 2. The van der Waals surface area contributed by atoms with Gasteiger partial charge in [-0.25, -0.2) is 0 Å². The molecule has 0 amide bonds. The van der Waals surface area contributed by atoms with E-state index in [1.54, 1.807) is 0 Å². The van der Waals surface area contributed by atoms with Gasteiger partial charge in [0, 0.05) is 0 Å². The summed E-state index contributed by atoms with van der Waals surface area (Å²) in [4.78, 5) is 0. The molecule has 2 N–H and O–H groups in total. The van der Waals surface area contributed by atoms with E-state index >= 15 is 0 Å². The third-order valence-electron chi connectivity index (χ3n) is 6.98. The fourth-order valence-electron chi connectivity index (χ4n) is 6.07. The Bertz CT molecular complexity index is 567. The van der Waals surface area contributed by atoms with Gasteiger partial charge >= 0.3 is 0 Å². The first-order valence-electron chi connectivity index (χ1n) is 8.50. The van der Waals surface area contributed by atoms with Crippen LogP contribution in [-0.4, -0.2) is 16.3 Å². The van der Waals surface area contributed by atoms with Crippen molar-refractivity contribution >= 4 is 0 Å². The second-order valence-electron chi connectivity index (χ2n) is 7.99. The van der Waals surface area contributed by atoms with Crippen molar-refractivity contribution in [2.24, 2.45) is 23.2 Å². The normalized spacial score (nSPS) is 44.8. The first-order valence-corrected chi connectivity index (χ1v) is 8.50. The van der Waals surface area contributed by atoms with E-state index in [0.29, 0.717) is 29.4 Å². The van der Waals surface area contributed by atoms with Gasteiger partial charge in [-0.15, -0.1) is 0 Å². The maximum absolute atomic E-state index is 10.5. The van der Waals surface area contributed by atoms with Gasteiger partial charge in [0.25, 0.3) is 0 Å². The molecule has 2 unspecified atom stereocenters. The summed E-state index contributed by atoms with van der Waals surface area (Å²) >= 11 is 0. The Labute approximate surface area is 127 Å². The van der Waals surface area contributed by atoms with Crippen molar-refractivity contribution in [3.05, 3.63) is 29.3 Å². The van der Waals surface area contributed by atoms with Crippen molar-refractivity contribution in [1.29, 1.82) is 0 Å². The third kappa shape index (κ3) is 1.81. The van der Waals surface area contributed by atoms with Crippen LogP contribution in [0.2, 0.25) is 0 Å². The van der Waals surface area contributed by atoms with Crippen LogP contribution >= 0.6 is 0 Å². The molecule has 0 aliphatic heterocycles. The van der Waals surface area contributed by atoms with Gasteiger partial charge in [0.15, 0.2) is 0 Å². The van der Waals surface area contributed by atoms with Crippen molar-refractivity contribution in [2.75, 3.05) is 0 Å². The van der Waals surface area contributed by atoms with Crippen LogP contribution in [0.25, 0.3) is 0 Å². The lowest BCUT2D eigenvalue weighted by Crippen LogP contribution is -2.45. The molecular weight excluding hydrogens is 260 g/mol. The lowest BCUT2D eigenvalue weighted by Gasteiger charge is -2.51. The summed E-state index contributed by atoms with van der Waals surface area (Å²) in [6, 6.07) is 5.97. The molecule has 0 aromatic heterocycles. The van der Waals surface area contributed by atoms with Crippen molar-refractivity contribution in [3.63, 3.8) is 0 Å². The highest BCUT2D eigenvalue weighted by atomic mass is 16.3. The number of aromatic hydroxyl groups is 1. The van der Waals surface area contributed by atoms with Crippen LogP contribution in [0.1, 0.15) is 56.6 Å². The number of phenolic OH excluding ortho intramolecular Hbond substituents is 1. The Kier molecular flexibility index (Phi) is 2.91. The predicted octanol–water partition coefficient (Wildman–Crippen LogP) is 3.86. The first-order chi connectivity index (χ1) is 10.0. The third-order valence-corrected chi connectivity index (χ3v) is 6.98. The van der Waals surface area contributed by atoms with E-state index < -0.39 is 0 Å². The van der Waals surface area contributed by atoms with Crippen LogP contribution in [0.3, 0.4) is 0 Å². The summed E-state index contributed by atoms with van der Waals surface area (Å²) in [5, 5.41) is 20.3. The quantitative estimate of drug-likeness (QED) is 0.760. The van der Waals surface area contributed by atoms with Gasteiger partial charge in [0.2, 0.25) is 0 Å². The van der Waals surface area contributed by atoms with E-state index in [0.717, 1.165) is 19.3 Å². The predicted molar refractivity (Wildman–Crippen MR) is 83.3 cm³/mol. The number of rotatable bonds is 0. The second kappa shape index (κ2) is 4.49. The zero-order valence-corrected chi connectivity index (χ0v) is 13.0. The summed E-state index contributed by atoms with van der Waals surface area (Å²) in [6.45, 7) is 4.67. The van der Waals surface area contributed by atoms with Crippen LogP contribution < -0.4 is 0 Å². The summed E-state index contributed by atoms with van der Waals surface area (Å²) < 4.78 is 0. The van der Waals surface area contributed by atoms with Gasteiger partial charge in [-0.2, -0.15) is 0 Å². The molecule has 2 heteroatoms. The summed E-state index contributed by atoms with van der Waals surface area (Å²) in [5.41, 5.74) is 2.96. The zero-order chi connectivity index (χ0) is 14.8. The lowest BCUT2D eigenvalue weighted by atomic mass is 9.54. The van der Waals surface area contributed by atoms with Gasteiger partial charge in [-0.1, -0.05) is 19.9 Å². The van der Waals surface area contributed by atoms with Gasteiger partial charge in [0.05, 0.1) is 6.10 Å². The number of hydrogen-bond acceptors (Lipinski definition) is 2. The molecule has 2 nitrogen and oxygen atoms in total. The molecule has 0 bridgehead atoms. The molecule has 1 aromatic rings. The van der Waals surface area contributed by atoms with Crippen molar-refractivity contribution in [3.8, 4) is 5.75 Å². The van der Waals surface area contributed by atoms with E-state index in [4.69, 9.17) is 0 Å². The van der Waals surface area contributed by atoms with E-state index in [2.05, 4.69) is 19.9 Å². The molecule has 3 aliphatic carbocycles. The van der Waals surface area contributed by atoms with E-state index in [1.807, 2.05) is 12.1 Å². The van der Waals surface area contributed by atoms with Gasteiger partial charge < -0.3 is 10.2 Å². The fourth-order valence-corrected chi connectivity index (χ4v) is 6.07. The molecular formula is C19H26O2. The minimum Gasteiger partial charge on any atom is -0.508 e. The van der Waals surface area contributed by atoms with Crippen molar-refractivity contribution < 1.29 is 10.2 Å². The number of aliphatic hydroxyl groups is 1. The molecule has 4 rings (SSSR count). The first kappa shape index (κ1) is 13.6. The number of benzene rings is 1. The van der Waals surface area contributed by atoms with Crippen molar-refractivity contribution in [1.82, 2.24) is 0 Å². The average molecular weight is 286 g/mol. The standard InChI is InChI=1S/C19H26O2/c1-11-9-17(21)19(2)8-7-15-14-6-4-13(20)10-12(14)3-5-16(15)18(11)19/h4,6,10-11,15-18,20-21H,3,5,7-9H2,1-2H3/t11?,15-,16-,17?,18+,19-/m1/s1. The minimum atomic E-state index is -0.111. The Morgan fingerprint density at radius 1 is 1.24 bits per heavy atom. The highest BCUT2D eigenvalue weighted by Crippen LogP contribution is 2.62. The molecule has 2 fully saturated rings. The number of fused-ring (bicyclic) bond motifs is 5. The molecule has 1 aromatic carbocycles. The summed E-state index contributed by atoms with van der Waals surface area (Å²) in [5.74, 6) is 3.05. The molecule has 21 heavy (non-hydrogen) atoms. The largest absolute Gasteiger partial charge is 0.508 e. The molecule has 0 heterocycles. The SMILES string of the molecule is CC1CC(O)[C@@]2(C)CC[C@@H]3c4ccc(O)cc4CC[C@H]3[C@H]12. The molecule has 3 aliphatic rings. The smallest absolute Gasteiger partial charge is 0.115 e. The van der Waals surface area contributed by atoms with E-state index in [-0.39, 0.29) is 11.5 Å². The highest BCUT2D eigenvalue weighted by molar-refractivity contribution is 5.40. The van der Waals surface area contributed by atoms with Crippen LogP contribution in [0, 0.1) is 23.2 Å². The Morgan fingerprint density at radius 3 is 2.86 bits per heavy atom. The second-order valence-corrected chi connectivity index (χ2v) is 7.99. The number of aliphatic hydroxyl groups excluding tert-OH is 1. The average Bonchev–Trinajstić information content (AvgIpc) is 2.68. The molecule has 0 saturated heterocycles. The van der Waals surface area contributed by atoms with Gasteiger partial charge in [-0.3, -0.25) is 0 Å². The van der Waals surface area contributed by atoms with Gasteiger partial charge in [-0.05, 0) is 84.5 Å². The van der Waals surface area contributed by atoms with Crippen LogP contribution in [0.5, 0.6) is 5.75 Å². The molecule has 0 spiro atoms. The van der Waals surface area contributed by atoms with Gasteiger partial charge in [0.1, 0.15) is 5.75 Å². The lowest BCUT2D eigenvalue weighted by molar-refractivity contribution is -0.0286. The van der Waals surface area contributed by atoms with Crippen LogP contribution in [0.15, 0.2) is 18.2 Å². The Hall–Kier alpha value is -1.02. The maximum Gasteiger partial charge on any atom is 0.115 e. The fraction of sp³-hybridized carbons (Fsp3) is 0.684. The summed E-state index contributed by atoms with van der Waals surface area (Å²) in [6.07, 6.45) is 5.51. The maximum atomic E-state index is 10.5. The molecule has 6 atom stereocenters. The monoisotopic (exact) mass is 286 g/mol. The van der Waals surface area contributed by atoms with E-state index in [9.17, 15) is 10.2 Å². The van der Waals surface area contributed by atoms with Crippen molar-refractivity contribution in [2.45, 2.75) is 58.0 Å². The Morgan fingerprint density at radius 2 is 2.05 bits per heavy atom. The number of aryl methyl sites for hydroxylation is 1. The number of phenols is 1.